The molecule has 0 saturated carbocycles. The maximum absolute atomic E-state index is 14.5. The molecule has 0 spiro atoms. The van der Waals surface area contributed by atoms with Crippen molar-refractivity contribution in [1.29, 1.82) is 0 Å². The monoisotopic (exact) mass is 651 g/mol. The lowest BCUT2D eigenvalue weighted by Gasteiger charge is -2.34. The molecule has 0 fully saturated rings. The van der Waals surface area contributed by atoms with Crippen molar-refractivity contribution in [3.8, 4) is 0 Å². The Bertz CT molecular complexity index is 1680. The van der Waals surface area contributed by atoms with Crippen molar-refractivity contribution in [2.75, 3.05) is 10.8 Å². The van der Waals surface area contributed by atoms with Crippen molar-refractivity contribution >= 4 is 50.7 Å². The lowest BCUT2D eigenvalue weighted by atomic mass is 10.0. The number of hydrogen-bond donors (Lipinski definition) is 1. The van der Waals surface area contributed by atoms with E-state index >= 15 is 0 Å². The number of nitrogens with zero attached hydrogens (tertiary/aromatic N) is 2. The Morgan fingerprint density at radius 2 is 1.39 bits per heavy atom. The quantitative estimate of drug-likeness (QED) is 0.186. The van der Waals surface area contributed by atoms with Crippen LogP contribution in [0, 0.1) is 6.92 Å². The van der Waals surface area contributed by atoms with E-state index in [0.717, 1.165) is 15.4 Å². The molecule has 7 nitrogen and oxygen atoms in total. The van der Waals surface area contributed by atoms with Gasteiger partial charge in [-0.05, 0) is 73.9 Å². The minimum atomic E-state index is -4.22. The number of amides is 2. The zero-order valence-corrected chi connectivity index (χ0v) is 27.1. The van der Waals surface area contributed by atoms with Gasteiger partial charge in [0.2, 0.25) is 11.8 Å². The van der Waals surface area contributed by atoms with E-state index in [9.17, 15) is 18.0 Å². The highest BCUT2D eigenvalue weighted by molar-refractivity contribution is 7.92. The molecule has 44 heavy (non-hydrogen) atoms. The van der Waals surface area contributed by atoms with Crippen LogP contribution in [0.2, 0.25) is 10.0 Å². The summed E-state index contributed by atoms with van der Waals surface area (Å²) in [6.07, 6.45) is 0.223. The fraction of sp³-hybridized carbons (Fsp3) is 0.235. The lowest BCUT2D eigenvalue weighted by molar-refractivity contribution is -0.140. The Hall–Kier alpha value is -3.85. The molecule has 1 N–H and O–H groups in total. The van der Waals surface area contributed by atoms with Crippen LogP contribution < -0.4 is 9.62 Å². The second-order valence-corrected chi connectivity index (χ2v) is 13.5. The van der Waals surface area contributed by atoms with Gasteiger partial charge in [0.1, 0.15) is 12.6 Å². The van der Waals surface area contributed by atoms with Crippen LogP contribution in [0.3, 0.4) is 0 Å². The van der Waals surface area contributed by atoms with E-state index in [4.69, 9.17) is 23.2 Å². The molecular formula is C34H35Cl2N3O4S. The van der Waals surface area contributed by atoms with Gasteiger partial charge in [0.15, 0.2) is 0 Å². The van der Waals surface area contributed by atoms with Gasteiger partial charge in [-0.1, -0.05) is 89.9 Å². The highest BCUT2D eigenvalue weighted by Gasteiger charge is 2.35. The van der Waals surface area contributed by atoms with E-state index in [0.29, 0.717) is 15.6 Å². The van der Waals surface area contributed by atoms with E-state index in [2.05, 4.69) is 5.32 Å². The number of anilines is 1. The van der Waals surface area contributed by atoms with E-state index in [1.807, 2.05) is 44.2 Å². The number of rotatable bonds is 12. The first kappa shape index (κ1) is 33.1. The van der Waals surface area contributed by atoms with Crippen molar-refractivity contribution in [1.82, 2.24) is 10.2 Å². The first-order chi connectivity index (χ1) is 21.0. The third-order valence-electron chi connectivity index (χ3n) is 7.02. The Labute approximate surface area is 269 Å². The zero-order valence-electron chi connectivity index (χ0n) is 24.8. The molecule has 2 amide bonds. The van der Waals surface area contributed by atoms with Crippen LogP contribution in [0.4, 0.5) is 5.69 Å². The molecule has 0 aliphatic rings. The molecule has 0 radical (unpaired) electrons. The third kappa shape index (κ3) is 8.40. The summed E-state index contributed by atoms with van der Waals surface area (Å²) in [5, 5.41) is 3.80. The van der Waals surface area contributed by atoms with Crippen molar-refractivity contribution in [2.45, 2.75) is 50.7 Å². The summed E-state index contributed by atoms with van der Waals surface area (Å²) in [6.45, 7) is 4.93. The SMILES string of the molecule is Cc1ccc(Cl)cc1N(CC(=O)N(Cc1ccc(Cl)cc1)C(Cc1ccccc1)C(=O)NC(C)C)S(=O)(=O)c1ccccc1. The predicted molar refractivity (Wildman–Crippen MR) is 176 cm³/mol. The van der Waals surface area contributed by atoms with Gasteiger partial charge in [-0.2, -0.15) is 0 Å². The molecule has 0 aliphatic carbocycles. The lowest BCUT2D eigenvalue weighted by Crippen LogP contribution is -2.54. The Kier molecular flexibility index (Phi) is 11.1. The van der Waals surface area contributed by atoms with Crippen molar-refractivity contribution in [3.63, 3.8) is 0 Å². The van der Waals surface area contributed by atoms with Crippen LogP contribution in [-0.2, 0) is 32.6 Å². The van der Waals surface area contributed by atoms with Gasteiger partial charge < -0.3 is 10.2 Å². The molecular weight excluding hydrogens is 617 g/mol. The van der Waals surface area contributed by atoms with E-state index in [1.54, 1.807) is 61.5 Å². The van der Waals surface area contributed by atoms with Crippen molar-refractivity contribution in [2.24, 2.45) is 0 Å². The summed E-state index contributed by atoms with van der Waals surface area (Å²) in [5.74, 6) is -0.902. The number of benzene rings is 4. The average Bonchev–Trinajstić information content (AvgIpc) is 3.00. The van der Waals surface area contributed by atoms with Crippen LogP contribution in [0.1, 0.15) is 30.5 Å². The van der Waals surface area contributed by atoms with Crippen LogP contribution >= 0.6 is 23.2 Å². The minimum Gasteiger partial charge on any atom is -0.352 e. The number of carbonyl (C=O) groups excluding carboxylic acids is 2. The molecule has 1 atom stereocenters. The average molecular weight is 653 g/mol. The fourth-order valence-corrected chi connectivity index (χ4v) is 6.59. The molecule has 0 heterocycles. The summed E-state index contributed by atoms with van der Waals surface area (Å²) < 4.78 is 29.3. The van der Waals surface area contributed by atoms with Gasteiger partial charge in [0.25, 0.3) is 10.0 Å². The molecule has 1 unspecified atom stereocenters. The van der Waals surface area contributed by atoms with Gasteiger partial charge in [0.05, 0.1) is 10.6 Å². The molecule has 10 heteroatoms. The molecule has 4 rings (SSSR count). The number of sulfonamides is 1. The minimum absolute atomic E-state index is 0.0230. The summed E-state index contributed by atoms with van der Waals surface area (Å²) in [5.41, 5.74) is 2.47. The number of carbonyl (C=O) groups is 2. The van der Waals surface area contributed by atoms with E-state index in [-0.39, 0.29) is 35.5 Å². The molecule has 0 saturated heterocycles. The third-order valence-corrected chi connectivity index (χ3v) is 9.28. The standard InChI is InChI=1S/C34H35Cl2N3O4S/c1-24(2)37-34(41)32(20-26-10-6-4-7-11-26)38(22-27-15-18-28(35)19-16-27)33(40)23-39(31-21-29(36)17-14-25(31)3)44(42,43)30-12-8-5-9-13-30/h4-19,21,24,32H,20,22-23H2,1-3H3,(H,37,41). The number of halogens is 2. The molecule has 0 aliphatic heterocycles. The van der Waals surface area contributed by atoms with E-state index < -0.39 is 28.5 Å². The normalized spacial score (nSPS) is 12.0. The van der Waals surface area contributed by atoms with Crippen LogP contribution in [0.5, 0.6) is 0 Å². The van der Waals surface area contributed by atoms with Crippen LogP contribution in [0.15, 0.2) is 108 Å². The maximum atomic E-state index is 14.5. The second-order valence-electron chi connectivity index (χ2n) is 10.8. The van der Waals surface area contributed by atoms with Crippen molar-refractivity contribution in [3.05, 3.63) is 130 Å². The first-order valence-corrected chi connectivity index (χ1v) is 16.4. The molecule has 0 bridgehead atoms. The van der Waals surface area contributed by atoms with Gasteiger partial charge in [-0.25, -0.2) is 8.42 Å². The number of aryl methyl sites for hydroxylation is 1. The molecule has 4 aromatic rings. The Morgan fingerprint density at radius 1 is 0.795 bits per heavy atom. The highest BCUT2D eigenvalue weighted by Crippen LogP contribution is 2.30. The van der Waals surface area contributed by atoms with Gasteiger partial charge in [-0.15, -0.1) is 0 Å². The first-order valence-electron chi connectivity index (χ1n) is 14.2. The summed E-state index contributed by atoms with van der Waals surface area (Å²) in [7, 11) is -4.22. The van der Waals surface area contributed by atoms with Gasteiger partial charge in [-0.3, -0.25) is 13.9 Å². The number of hydrogen-bond acceptors (Lipinski definition) is 4. The Morgan fingerprint density at radius 3 is 2.00 bits per heavy atom. The largest absolute Gasteiger partial charge is 0.352 e. The second kappa shape index (κ2) is 14.8. The topological polar surface area (TPSA) is 86.8 Å². The van der Waals surface area contributed by atoms with E-state index in [1.165, 1.54) is 23.1 Å². The molecule has 0 aromatic heterocycles. The van der Waals surface area contributed by atoms with Gasteiger partial charge in [0, 0.05) is 29.1 Å². The Balaban J connectivity index is 1.82. The van der Waals surface area contributed by atoms with Crippen LogP contribution in [-0.4, -0.2) is 43.8 Å². The van der Waals surface area contributed by atoms with Gasteiger partial charge >= 0.3 is 0 Å². The molecule has 230 valence electrons. The fourth-order valence-electron chi connectivity index (χ4n) is 4.81. The summed E-state index contributed by atoms with van der Waals surface area (Å²) >= 11 is 12.5. The number of nitrogens with one attached hydrogen (secondary N) is 1. The summed E-state index contributed by atoms with van der Waals surface area (Å²) in [6, 6.07) is 28.1. The maximum Gasteiger partial charge on any atom is 0.264 e. The smallest absolute Gasteiger partial charge is 0.264 e. The zero-order chi connectivity index (χ0) is 31.9. The van der Waals surface area contributed by atoms with Crippen LogP contribution in [0.25, 0.3) is 0 Å². The highest BCUT2D eigenvalue weighted by atomic mass is 35.5. The summed E-state index contributed by atoms with van der Waals surface area (Å²) in [4.78, 5) is 29.7. The van der Waals surface area contributed by atoms with Crippen molar-refractivity contribution < 1.29 is 18.0 Å². The molecule has 4 aromatic carbocycles. The predicted octanol–water partition coefficient (Wildman–Crippen LogP) is 6.66.